The predicted molar refractivity (Wildman–Crippen MR) is 54.4 cm³/mol. The van der Waals surface area contributed by atoms with Crippen LogP contribution in [0.5, 0.6) is 0 Å². The van der Waals surface area contributed by atoms with Gasteiger partial charge < -0.3 is 5.32 Å². The number of hydrogen-bond donors (Lipinski definition) is 1. The highest BCUT2D eigenvalue weighted by molar-refractivity contribution is 6.34. The summed E-state index contributed by atoms with van der Waals surface area (Å²) in [4.78, 5) is 11.4. The molecule has 1 aromatic rings. The summed E-state index contributed by atoms with van der Waals surface area (Å²) in [5, 5.41) is 3.33. The third-order valence-electron chi connectivity index (χ3n) is 1.76. The lowest BCUT2D eigenvalue weighted by Crippen LogP contribution is -2.18. The quantitative estimate of drug-likeness (QED) is 0.752. The summed E-state index contributed by atoms with van der Waals surface area (Å²) in [6.45, 7) is 2.26. The molecule has 0 bridgehead atoms. The Morgan fingerprint density at radius 3 is 2.77 bits per heavy atom. The summed E-state index contributed by atoms with van der Waals surface area (Å²) in [7, 11) is 1.74. The molecule has 0 unspecified atom stereocenters. The van der Waals surface area contributed by atoms with Crippen LogP contribution in [-0.4, -0.2) is 19.4 Å². The molecule has 0 aromatic heterocycles. The highest BCUT2D eigenvalue weighted by atomic mass is 35.5. The zero-order chi connectivity index (χ0) is 9.84. The topological polar surface area (TPSA) is 29.1 Å². The van der Waals surface area contributed by atoms with Crippen LogP contribution >= 0.6 is 11.6 Å². The molecule has 0 atom stereocenters. The number of likely N-dealkylation sites (N-methyl/N-ethyl adjacent to an activating group) is 1. The SMILES string of the molecule is CNCC(=O)c1ccc(C)cc1Cl. The van der Waals surface area contributed by atoms with Crippen LogP contribution in [0.3, 0.4) is 0 Å². The zero-order valence-electron chi connectivity index (χ0n) is 7.73. The molecule has 1 N–H and O–H groups in total. The summed E-state index contributed by atoms with van der Waals surface area (Å²) in [6, 6.07) is 5.44. The van der Waals surface area contributed by atoms with Crippen molar-refractivity contribution in [2.24, 2.45) is 0 Å². The normalized spacial score (nSPS) is 10.1. The van der Waals surface area contributed by atoms with Crippen molar-refractivity contribution >= 4 is 17.4 Å². The van der Waals surface area contributed by atoms with Crippen molar-refractivity contribution in [2.45, 2.75) is 6.92 Å². The van der Waals surface area contributed by atoms with Crippen LogP contribution in [0.4, 0.5) is 0 Å². The molecule has 0 aliphatic carbocycles. The van der Waals surface area contributed by atoms with E-state index in [0.717, 1.165) is 5.56 Å². The van der Waals surface area contributed by atoms with E-state index in [0.29, 0.717) is 17.1 Å². The van der Waals surface area contributed by atoms with Crippen molar-refractivity contribution in [3.05, 3.63) is 34.3 Å². The van der Waals surface area contributed by atoms with Gasteiger partial charge in [-0.1, -0.05) is 17.7 Å². The van der Waals surface area contributed by atoms with Gasteiger partial charge in [-0.3, -0.25) is 4.79 Å². The van der Waals surface area contributed by atoms with Gasteiger partial charge in [0.1, 0.15) is 0 Å². The van der Waals surface area contributed by atoms with E-state index in [1.54, 1.807) is 19.2 Å². The molecule has 0 aliphatic rings. The molecule has 0 fully saturated rings. The molecular formula is C10H12ClNO. The number of benzene rings is 1. The molecule has 1 aromatic carbocycles. The van der Waals surface area contributed by atoms with Gasteiger partial charge in [-0.15, -0.1) is 0 Å². The summed E-state index contributed by atoms with van der Waals surface area (Å²) in [6.07, 6.45) is 0. The van der Waals surface area contributed by atoms with E-state index < -0.39 is 0 Å². The summed E-state index contributed by atoms with van der Waals surface area (Å²) < 4.78 is 0. The Kier molecular flexibility index (Phi) is 3.46. The maximum absolute atomic E-state index is 11.4. The maximum atomic E-state index is 11.4. The number of hydrogen-bond acceptors (Lipinski definition) is 2. The predicted octanol–water partition coefficient (Wildman–Crippen LogP) is 2.05. The second-order valence-electron chi connectivity index (χ2n) is 2.94. The van der Waals surface area contributed by atoms with Crippen LogP contribution in [-0.2, 0) is 0 Å². The Bertz CT molecular complexity index is 323. The number of Topliss-reactive ketones (excluding diaryl/α,β-unsaturated/α-hetero) is 1. The molecule has 0 saturated heterocycles. The van der Waals surface area contributed by atoms with Crippen molar-refractivity contribution in [2.75, 3.05) is 13.6 Å². The Morgan fingerprint density at radius 2 is 2.23 bits per heavy atom. The number of rotatable bonds is 3. The van der Waals surface area contributed by atoms with Gasteiger partial charge in [-0.2, -0.15) is 0 Å². The van der Waals surface area contributed by atoms with E-state index in [1.165, 1.54) is 0 Å². The van der Waals surface area contributed by atoms with E-state index in [2.05, 4.69) is 5.32 Å². The van der Waals surface area contributed by atoms with Gasteiger partial charge in [0.15, 0.2) is 5.78 Å². The number of carbonyl (C=O) groups is 1. The number of aryl methyl sites for hydroxylation is 1. The number of ketones is 1. The molecule has 2 nitrogen and oxygen atoms in total. The number of halogens is 1. The monoisotopic (exact) mass is 197 g/mol. The van der Waals surface area contributed by atoms with Crippen molar-refractivity contribution in [3.63, 3.8) is 0 Å². The summed E-state index contributed by atoms with van der Waals surface area (Å²) in [5.41, 5.74) is 1.65. The van der Waals surface area contributed by atoms with Crippen molar-refractivity contribution in [1.82, 2.24) is 5.32 Å². The second kappa shape index (κ2) is 4.40. The smallest absolute Gasteiger partial charge is 0.178 e. The van der Waals surface area contributed by atoms with Crippen LogP contribution < -0.4 is 5.32 Å². The van der Waals surface area contributed by atoms with Crippen LogP contribution in [0.25, 0.3) is 0 Å². The molecule has 0 heterocycles. The van der Waals surface area contributed by atoms with Gasteiger partial charge in [0.05, 0.1) is 11.6 Å². The third-order valence-corrected chi connectivity index (χ3v) is 2.08. The minimum atomic E-state index is 0.0208. The summed E-state index contributed by atoms with van der Waals surface area (Å²) in [5.74, 6) is 0.0208. The van der Waals surface area contributed by atoms with Crippen LogP contribution in [0.2, 0.25) is 5.02 Å². The van der Waals surface area contributed by atoms with Crippen LogP contribution in [0.15, 0.2) is 18.2 Å². The standard InChI is InChI=1S/C10H12ClNO/c1-7-3-4-8(9(11)5-7)10(13)6-12-2/h3-5,12H,6H2,1-2H3. The molecule has 70 valence electrons. The molecule has 0 spiro atoms. The van der Waals surface area contributed by atoms with E-state index in [1.807, 2.05) is 13.0 Å². The maximum Gasteiger partial charge on any atom is 0.178 e. The minimum absolute atomic E-state index is 0.0208. The lowest BCUT2D eigenvalue weighted by molar-refractivity contribution is 0.0994. The molecule has 0 saturated carbocycles. The van der Waals surface area contributed by atoms with Gasteiger partial charge >= 0.3 is 0 Å². The molecule has 3 heteroatoms. The lowest BCUT2D eigenvalue weighted by Gasteiger charge is -2.03. The Hall–Kier alpha value is -0.860. The largest absolute Gasteiger partial charge is 0.313 e. The Labute approximate surface area is 82.9 Å². The van der Waals surface area contributed by atoms with Gasteiger partial charge in [-0.05, 0) is 31.7 Å². The van der Waals surface area contributed by atoms with Gasteiger partial charge in [0, 0.05) is 5.56 Å². The van der Waals surface area contributed by atoms with Gasteiger partial charge in [-0.25, -0.2) is 0 Å². The van der Waals surface area contributed by atoms with Crippen molar-refractivity contribution in [3.8, 4) is 0 Å². The van der Waals surface area contributed by atoms with Crippen LogP contribution in [0.1, 0.15) is 15.9 Å². The highest BCUT2D eigenvalue weighted by Gasteiger charge is 2.08. The fourth-order valence-electron chi connectivity index (χ4n) is 1.10. The first-order chi connectivity index (χ1) is 6.15. The first kappa shape index (κ1) is 10.2. The first-order valence-electron chi connectivity index (χ1n) is 4.09. The zero-order valence-corrected chi connectivity index (χ0v) is 8.48. The van der Waals surface area contributed by atoms with E-state index in [-0.39, 0.29) is 5.78 Å². The minimum Gasteiger partial charge on any atom is -0.313 e. The Morgan fingerprint density at radius 1 is 1.54 bits per heavy atom. The molecular weight excluding hydrogens is 186 g/mol. The van der Waals surface area contributed by atoms with Crippen molar-refractivity contribution in [1.29, 1.82) is 0 Å². The second-order valence-corrected chi connectivity index (χ2v) is 3.34. The summed E-state index contributed by atoms with van der Waals surface area (Å²) >= 11 is 5.91. The number of nitrogens with one attached hydrogen (secondary N) is 1. The van der Waals surface area contributed by atoms with Crippen molar-refractivity contribution < 1.29 is 4.79 Å². The van der Waals surface area contributed by atoms with Gasteiger partial charge in [0.25, 0.3) is 0 Å². The molecule has 1 rings (SSSR count). The first-order valence-corrected chi connectivity index (χ1v) is 4.47. The molecule has 0 aliphatic heterocycles. The molecule has 13 heavy (non-hydrogen) atoms. The molecule has 0 radical (unpaired) electrons. The number of carbonyl (C=O) groups excluding carboxylic acids is 1. The Balaban J connectivity index is 2.95. The van der Waals surface area contributed by atoms with Crippen LogP contribution in [0, 0.1) is 6.92 Å². The average Bonchev–Trinajstić information content (AvgIpc) is 2.04. The fraction of sp³-hybridized carbons (Fsp3) is 0.300. The van der Waals surface area contributed by atoms with E-state index >= 15 is 0 Å². The van der Waals surface area contributed by atoms with E-state index in [9.17, 15) is 4.79 Å². The van der Waals surface area contributed by atoms with Gasteiger partial charge in [0.2, 0.25) is 0 Å². The molecule has 0 amide bonds. The average molecular weight is 198 g/mol. The highest BCUT2D eigenvalue weighted by Crippen LogP contribution is 2.17. The van der Waals surface area contributed by atoms with E-state index in [4.69, 9.17) is 11.6 Å². The lowest BCUT2D eigenvalue weighted by atomic mass is 10.1. The third kappa shape index (κ3) is 2.54. The fourth-order valence-corrected chi connectivity index (χ4v) is 1.44.